The number of hydrogen-bond acceptors (Lipinski definition) is 3. The normalized spacial score (nSPS) is 10.9. The second-order valence-corrected chi connectivity index (χ2v) is 6.80. The van der Waals surface area contributed by atoms with E-state index in [4.69, 9.17) is 0 Å². The number of rotatable bonds is 4. The van der Waals surface area contributed by atoms with Crippen LogP contribution in [0.15, 0.2) is 89.1 Å². The molecule has 34 heavy (non-hydrogen) atoms. The average molecular weight is 464 g/mol. The molecule has 0 aliphatic rings. The Labute approximate surface area is 194 Å². The van der Waals surface area contributed by atoms with Gasteiger partial charge in [-0.1, -0.05) is 30.3 Å². The van der Waals surface area contributed by atoms with E-state index in [1.807, 2.05) is 0 Å². The molecule has 8 heteroatoms. The van der Waals surface area contributed by atoms with E-state index < -0.39 is 23.3 Å². The van der Waals surface area contributed by atoms with Gasteiger partial charge in [0, 0.05) is 29.1 Å². The standard InChI is InChI=1S/C25H15F4N3.CH5N/c1-30-25(17-4-3-11-31-14-17)32-23-13-16(19-5-2-6-21(27)24(19)29)7-9-18(23)15-8-10-20(26)22(28)12-15;1-2/h2-14H,1H2;2H2,1H3. The minimum absolute atomic E-state index is 0.0350. The van der Waals surface area contributed by atoms with Crippen molar-refractivity contribution in [3.63, 3.8) is 0 Å². The molecule has 0 bridgehead atoms. The van der Waals surface area contributed by atoms with Crippen molar-refractivity contribution < 1.29 is 17.6 Å². The molecule has 0 atom stereocenters. The Bertz CT molecular complexity index is 1340. The topological polar surface area (TPSA) is 63.6 Å². The molecular weight excluding hydrogens is 444 g/mol. The third-order valence-electron chi connectivity index (χ3n) is 4.79. The second kappa shape index (κ2) is 11.1. The third-order valence-corrected chi connectivity index (χ3v) is 4.79. The highest BCUT2D eigenvalue weighted by Gasteiger charge is 2.15. The average Bonchev–Trinajstić information content (AvgIpc) is 2.87. The molecule has 0 saturated heterocycles. The Kier molecular flexibility index (Phi) is 8.00. The van der Waals surface area contributed by atoms with Gasteiger partial charge in [0.2, 0.25) is 0 Å². The fraction of sp³-hybridized carbons (Fsp3) is 0.0385. The molecule has 0 aliphatic heterocycles. The first-order valence-corrected chi connectivity index (χ1v) is 10.1. The van der Waals surface area contributed by atoms with Gasteiger partial charge in [0.05, 0.1) is 5.69 Å². The Morgan fingerprint density at radius 1 is 0.794 bits per heavy atom. The summed E-state index contributed by atoms with van der Waals surface area (Å²) in [5, 5.41) is 0. The van der Waals surface area contributed by atoms with Gasteiger partial charge in [-0.3, -0.25) is 4.98 Å². The van der Waals surface area contributed by atoms with Gasteiger partial charge in [-0.15, -0.1) is 0 Å². The van der Waals surface area contributed by atoms with Gasteiger partial charge in [0.25, 0.3) is 0 Å². The minimum Gasteiger partial charge on any atom is -0.333 e. The first kappa shape index (κ1) is 24.5. The van der Waals surface area contributed by atoms with Crippen molar-refractivity contribution in [1.29, 1.82) is 0 Å². The molecule has 0 radical (unpaired) electrons. The number of pyridine rings is 1. The van der Waals surface area contributed by atoms with Gasteiger partial charge < -0.3 is 5.73 Å². The molecule has 1 aromatic heterocycles. The second-order valence-electron chi connectivity index (χ2n) is 6.80. The zero-order valence-corrected chi connectivity index (χ0v) is 18.1. The Morgan fingerprint density at radius 3 is 2.21 bits per heavy atom. The number of amidine groups is 1. The Balaban J connectivity index is 0.00000158. The van der Waals surface area contributed by atoms with Crippen molar-refractivity contribution in [3.8, 4) is 22.3 Å². The van der Waals surface area contributed by atoms with Gasteiger partial charge in [0.15, 0.2) is 29.1 Å². The maximum absolute atomic E-state index is 14.4. The fourth-order valence-corrected chi connectivity index (χ4v) is 3.23. The van der Waals surface area contributed by atoms with Gasteiger partial charge in [0.1, 0.15) is 0 Å². The lowest BCUT2D eigenvalue weighted by atomic mass is 9.97. The summed E-state index contributed by atoms with van der Waals surface area (Å²) in [6.07, 6.45) is 3.13. The molecule has 3 aromatic carbocycles. The summed E-state index contributed by atoms with van der Waals surface area (Å²) in [6.45, 7) is 3.54. The lowest BCUT2D eigenvalue weighted by Gasteiger charge is -2.12. The van der Waals surface area contributed by atoms with Crippen LogP contribution in [0.5, 0.6) is 0 Å². The summed E-state index contributed by atoms with van der Waals surface area (Å²) in [7, 11) is 1.50. The van der Waals surface area contributed by atoms with Crippen LogP contribution in [-0.4, -0.2) is 24.6 Å². The summed E-state index contributed by atoms with van der Waals surface area (Å²) < 4.78 is 55.5. The predicted molar refractivity (Wildman–Crippen MR) is 127 cm³/mol. The van der Waals surface area contributed by atoms with Crippen molar-refractivity contribution in [3.05, 3.63) is 108 Å². The van der Waals surface area contributed by atoms with Crippen LogP contribution in [0.4, 0.5) is 23.2 Å². The molecular formula is C26H20F4N4. The van der Waals surface area contributed by atoms with Crippen molar-refractivity contribution in [2.75, 3.05) is 7.05 Å². The Morgan fingerprint density at radius 2 is 1.53 bits per heavy atom. The van der Waals surface area contributed by atoms with E-state index in [1.165, 1.54) is 31.3 Å². The maximum Gasteiger partial charge on any atom is 0.166 e. The highest BCUT2D eigenvalue weighted by Crippen LogP contribution is 2.36. The molecule has 0 amide bonds. The van der Waals surface area contributed by atoms with E-state index in [0.717, 1.165) is 18.2 Å². The molecule has 0 spiro atoms. The van der Waals surface area contributed by atoms with Crippen LogP contribution in [0.3, 0.4) is 0 Å². The molecule has 2 N–H and O–H groups in total. The molecule has 4 nitrogen and oxygen atoms in total. The van der Waals surface area contributed by atoms with E-state index in [0.29, 0.717) is 22.3 Å². The lowest BCUT2D eigenvalue weighted by molar-refractivity contribution is 0.509. The van der Waals surface area contributed by atoms with Gasteiger partial charge >= 0.3 is 0 Å². The van der Waals surface area contributed by atoms with Crippen LogP contribution >= 0.6 is 0 Å². The number of aliphatic imine (C=N–C) groups is 2. The molecule has 0 saturated carbocycles. The first-order valence-electron chi connectivity index (χ1n) is 10.1. The molecule has 172 valence electrons. The van der Waals surface area contributed by atoms with Gasteiger partial charge in [-0.05, 0) is 61.3 Å². The zero-order valence-electron chi connectivity index (χ0n) is 18.1. The van der Waals surface area contributed by atoms with Crippen molar-refractivity contribution in [2.24, 2.45) is 15.7 Å². The number of benzene rings is 3. The van der Waals surface area contributed by atoms with Crippen LogP contribution in [-0.2, 0) is 0 Å². The van der Waals surface area contributed by atoms with E-state index in [-0.39, 0.29) is 17.1 Å². The Hall–Kier alpha value is -4.17. The predicted octanol–water partition coefficient (Wildman–Crippen LogP) is 6.33. The smallest absolute Gasteiger partial charge is 0.166 e. The quantitative estimate of drug-likeness (QED) is 0.218. The summed E-state index contributed by atoms with van der Waals surface area (Å²) in [6, 6.07) is 15.4. The van der Waals surface area contributed by atoms with E-state index >= 15 is 0 Å². The van der Waals surface area contributed by atoms with Crippen LogP contribution in [0.1, 0.15) is 5.56 Å². The SMILES string of the molecule is C=NC(=Nc1cc(-c2cccc(F)c2F)ccc1-c1ccc(F)c(F)c1)c1cccnc1.CN. The fourth-order valence-electron chi connectivity index (χ4n) is 3.23. The van der Waals surface area contributed by atoms with Crippen LogP contribution in [0.2, 0.25) is 0 Å². The van der Waals surface area contributed by atoms with E-state index in [2.05, 4.69) is 27.4 Å². The molecule has 1 heterocycles. The minimum atomic E-state index is -1.02. The molecule has 0 aliphatic carbocycles. The summed E-state index contributed by atoms with van der Waals surface area (Å²) in [5.41, 5.74) is 6.52. The van der Waals surface area contributed by atoms with E-state index in [1.54, 1.807) is 36.7 Å². The van der Waals surface area contributed by atoms with Crippen LogP contribution in [0, 0.1) is 23.3 Å². The summed E-state index contributed by atoms with van der Waals surface area (Å²) in [5.74, 6) is -3.77. The zero-order chi connectivity index (χ0) is 24.7. The van der Waals surface area contributed by atoms with Crippen molar-refractivity contribution in [2.45, 2.75) is 0 Å². The van der Waals surface area contributed by atoms with Crippen LogP contribution < -0.4 is 5.73 Å². The number of halogens is 4. The molecule has 4 aromatic rings. The summed E-state index contributed by atoms with van der Waals surface area (Å²) in [4.78, 5) is 12.5. The monoisotopic (exact) mass is 464 g/mol. The number of aromatic nitrogens is 1. The van der Waals surface area contributed by atoms with Crippen molar-refractivity contribution >= 4 is 18.2 Å². The van der Waals surface area contributed by atoms with Gasteiger partial charge in [-0.2, -0.15) is 0 Å². The first-order chi connectivity index (χ1) is 16.5. The number of nitrogens with zero attached hydrogens (tertiary/aromatic N) is 3. The third kappa shape index (κ3) is 5.24. The largest absolute Gasteiger partial charge is 0.333 e. The highest BCUT2D eigenvalue weighted by molar-refractivity contribution is 6.03. The summed E-state index contributed by atoms with van der Waals surface area (Å²) >= 11 is 0. The molecule has 4 rings (SSSR count). The molecule has 0 unspecified atom stereocenters. The van der Waals surface area contributed by atoms with Gasteiger partial charge in [-0.25, -0.2) is 27.5 Å². The lowest BCUT2D eigenvalue weighted by Crippen LogP contribution is -1.97. The number of nitrogens with two attached hydrogens (primary N) is 1. The number of hydrogen-bond donors (Lipinski definition) is 1. The molecule has 0 fully saturated rings. The van der Waals surface area contributed by atoms with Crippen molar-refractivity contribution in [1.82, 2.24) is 4.98 Å². The highest BCUT2D eigenvalue weighted by atomic mass is 19.2. The van der Waals surface area contributed by atoms with Crippen LogP contribution in [0.25, 0.3) is 22.3 Å². The maximum atomic E-state index is 14.4. The van der Waals surface area contributed by atoms with E-state index in [9.17, 15) is 17.6 Å².